The van der Waals surface area contributed by atoms with Crippen molar-refractivity contribution in [3.8, 4) is 0 Å². The van der Waals surface area contributed by atoms with Crippen LogP contribution in [-0.4, -0.2) is 80.6 Å². The highest BCUT2D eigenvalue weighted by molar-refractivity contribution is 8.01. The van der Waals surface area contributed by atoms with Crippen molar-refractivity contribution in [2.24, 2.45) is 5.16 Å². The number of anilines is 1. The molecule has 34 heavy (non-hydrogen) atoms. The van der Waals surface area contributed by atoms with E-state index < -0.39 is 49.5 Å². The summed E-state index contributed by atoms with van der Waals surface area (Å²) in [6.07, 6.45) is 0. The van der Waals surface area contributed by atoms with Crippen LogP contribution in [0.2, 0.25) is 0 Å². The van der Waals surface area contributed by atoms with Gasteiger partial charge in [0.05, 0.1) is 0 Å². The van der Waals surface area contributed by atoms with E-state index in [0.29, 0.717) is 0 Å². The number of aromatic nitrogens is 1. The maximum Gasteiger partial charge on any atom is 0.350 e. The van der Waals surface area contributed by atoms with Crippen LogP contribution >= 0.6 is 23.1 Å². The molecular weight excluding hydrogens is 516 g/mol. The van der Waals surface area contributed by atoms with E-state index in [1.165, 1.54) is 12.3 Å². The molecular formula is C16H22N6O9S3. The number of thioether (sulfide) groups is 1. The van der Waals surface area contributed by atoms with Gasteiger partial charge in [0.15, 0.2) is 10.8 Å². The number of carboxylic acids is 1. The summed E-state index contributed by atoms with van der Waals surface area (Å²) in [7, 11) is -5.23. The molecule has 1 fully saturated rings. The Bertz CT molecular complexity index is 1130. The molecule has 18 heteroatoms. The van der Waals surface area contributed by atoms with Gasteiger partial charge in [-0.05, 0) is 13.8 Å². The standard InChI is InChI=1S/C16H22N6O9S3/c1-7(23)18-4-5-32-12-16(11(25)20-12,34(28,29)30)21-10(24)9(8-6-33-14(17)19-8)22-31-15(2,3)13(26)27/h6,12H,4-5H2,1-3H3,(H2,17,19)(H,18,23)(H,20,25)(H,21,24)(H,26,27)(H,28,29,30)/b22-9-/t12-,16-/m1/s1. The smallest absolute Gasteiger partial charge is 0.350 e. The highest BCUT2D eigenvalue weighted by Gasteiger charge is 2.66. The first-order valence-electron chi connectivity index (χ1n) is 9.29. The fourth-order valence-electron chi connectivity index (χ4n) is 2.40. The average Bonchev–Trinajstić information content (AvgIpc) is 3.12. The lowest BCUT2D eigenvalue weighted by atomic mass is 10.1. The van der Waals surface area contributed by atoms with E-state index in [2.05, 4.69) is 20.8 Å². The van der Waals surface area contributed by atoms with E-state index in [1.54, 1.807) is 0 Å². The number of nitrogens with two attached hydrogens (primary N) is 1. The zero-order valence-electron chi connectivity index (χ0n) is 18.0. The number of carbonyl (C=O) groups is 4. The third-order valence-electron chi connectivity index (χ3n) is 4.30. The first-order chi connectivity index (χ1) is 15.6. The van der Waals surface area contributed by atoms with Crippen LogP contribution in [0.5, 0.6) is 0 Å². The van der Waals surface area contributed by atoms with Crippen LogP contribution < -0.4 is 21.7 Å². The summed E-state index contributed by atoms with van der Waals surface area (Å²) in [6.45, 7) is 3.68. The molecule has 0 saturated carbocycles. The summed E-state index contributed by atoms with van der Waals surface area (Å²) in [5, 5.41) is 19.4. The van der Waals surface area contributed by atoms with E-state index in [1.807, 2.05) is 5.32 Å². The van der Waals surface area contributed by atoms with Crippen molar-refractivity contribution in [1.29, 1.82) is 0 Å². The number of nitrogens with one attached hydrogen (secondary N) is 3. The lowest BCUT2D eigenvalue weighted by molar-refractivity contribution is -0.161. The third-order valence-corrected chi connectivity index (χ3v) is 7.70. The van der Waals surface area contributed by atoms with Crippen molar-refractivity contribution in [2.75, 3.05) is 18.0 Å². The summed E-state index contributed by atoms with van der Waals surface area (Å²) >= 11 is 1.73. The van der Waals surface area contributed by atoms with Crippen molar-refractivity contribution in [1.82, 2.24) is 20.9 Å². The number of carbonyl (C=O) groups excluding carboxylic acids is 3. The van der Waals surface area contributed by atoms with Gasteiger partial charge in [-0.25, -0.2) is 9.78 Å². The number of carboxylic acid groups (broad SMARTS) is 1. The van der Waals surface area contributed by atoms with Gasteiger partial charge in [0.2, 0.25) is 11.5 Å². The molecule has 2 atom stereocenters. The average molecular weight is 539 g/mol. The summed E-state index contributed by atoms with van der Waals surface area (Å²) in [5.41, 5.74) is 2.80. The van der Waals surface area contributed by atoms with E-state index in [-0.39, 0.29) is 29.0 Å². The van der Waals surface area contributed by atoms with Gasteiger partial charge in [-0.3, -0.25) is 18.9 Å². The molecule has 188 valence electrons. The predicted octanol–water partition coefficient (Wildman–Crippen LogP) is -1.67. The van der Waals surface area contributed by atoms with Crippen LogP contribution in [0, 0.1) is 0 Å². The topological polar surface area (TPSA) is 239 Å². The molecule has 3 amide bonds. The molecule has 7 N–H and O–H groups in total. The van der Waals surface area contributed by atoms with Crippen LogP contribution in [0.3, 0.4) is 0 Å². The van der Waals surface area contributed by atoms with Crippen molar-refractivity contribution in [2.45, 2.75) is 36.6 Å². The maximum atomic E-state index is 13.0. The normalized spacial score (nSPS) is 20.6. The van der Waals surface area contributed by atoms with Gasteiger partial charge in [-0.15, -0.1) is 23.1 Å². The van der Waals surface area contributed by atoms with Gasteiger partial charge in [0.25, 0.3) is 16.7 Å². The molecule has 2 heterocycles. The molecule has 1 aromatic heterocycles. The minimum absolute atomic E-state index is 0.00489. The van der Waals surface area contributed by atoms with Gasteiger partial charge >= 0.3 is 16.1 Å². The lowest BCUT2D eigenvalue weighted by Gasteiger charge is -2.45. The van der Waals surface area contributed by atoms with Crippen LogP contribution in [0.1, 0.15) is 26.5 Å². The van der Waals surface area contributed by atoms with E-state index >= 15 is 0 Å². The maximum absolute atomic E-state index is 13.0. The molecule has 0 unspecified atom stereocenters. The van der Waals surface area contributed by atoms with Gasteiger partial charge in [-0.1, -0.05) is 5.16 Å². The monoisotopic (exact) mass is 538 g/mol. The zero-order valence-corrected chi connectivity index (χ0v) is 20.5. The van der Waals surface area contributed by atoms with E-state index in [0.717, 1.165) is 36.9 Å². The number of thiazole rings is 1. The van der Waals surface area contributed by atoms with Crippen LogP contribution in [0.25, 0.3) is 0 Å². The molecule has 0 aromatic carbocycles. The quantitative estimate of drug-likeness (QED) is 0.0609. The Labute approximate surface area is 201 Å². The largest absolute Gasteiger partial charge is 0.478 e. The second-order valence-corrected chi connectivity index (χ2v) is 11.0. The number of rotatable bonds is 11. The second kappa shape index (κ2) is 10.1. The number of hydrogen-bond donors (Lipinski definition) is 6. The Morgan fingerprint density at radius 3 is 2.56 bits per heavy atom. The van der Waals surface area contributed by atoms with Crippen molar-refractivity contribution in [3.63, 3.8) is 0 Å². The molecule has 1 saturated heterocycles. The van der Waals surface area contributed by atoms with Crippen molar-refractivity contribution >= 4 is 67.8 Å². The second-order valence-electron chi connectivity index (χ2n) is 7.29. The molecule has 15 nitrogen and oxygen atoms in total. The molecule has 0 aliphatic carbocycles. The fraction of sp³-hybridized carbons (Fsp3) is 0.500. The minimum atomic E-state index is -5.23. The number of β-lactam (4-membered cyclic amide) rings is 1. The van der Waals surface area contributed by atoms with Crippen LogP contribution in [-0.2, 0) is 34.1 Å². The van der Waals surface area contributed by atoms with Crippen molar-refractivity contribution < 1.29 is 42.1 Å². The minimum Gasteiger partial charge on any atom is -0.478 e. The highest BCUT2D eigenvalue weighted by Crippen LogP contribution is 2.34. The number of nitrogen functional groups attached to an aromatic ring is 1. The molecule has 1 aromatic rings. The number of hydrogen-bond acceptors (Lipinski definition) is 12. The first-order valence-corrected chi connectivity index (χ1v) is 12.7. The van der Waals surface area contributed by atoms with Crippen molar-refractivity contribution in [3.05, 3.63) is 11.1 Å². The molecule has 0 radical (unpaired) electrons. The predicted molar refractivity (Wildman–Crippen MR) is 121 cm³/mol. The third kappa shape index (κ3) is 5.75. The molecule has 0 bridgehead atoms. The van der Waals surface area contributed by atoms with Gasteiger partial charge in [-0.2, -0.15) is 8.42 Å². The van der Waals surface area contributed by atoms with E-state index in [4.69, 9.17) is 10.6 Å². The van der Waals surface area contributed by atoms with Gasteiger partial charge in [0, 0.05) is 24.6 Å². The Hall–Kier alpha value is -2.96. The Morgan fingerprint density at radius 2 is 2.09 bits per heavy atom. The number of oxime groups is 1. The molecule has 1 aliphatic heterocycles. The van der Waals surface area contributed by atoms with Crippen LogP contribution in [0.4, 0.5) is 5.13 Å². The number of aliphatic carboxylic acids is 1. The summed E-state index contributed by atoms with van der Waals surface area (Å²) in [4.78, 5) is 53.6. The number of nitrogens with zero attached hydrogens (tertiary/aromatic N) is 2. The molecule has 2 rings (SSSR count). The summed E-state index contributed by atoms with van der Waals surface area (Å²) in [5.74, 6) is -4.16. The SMILES string of the molecule is CC(=O)NCCS[C@H]1NC(=O)[C@@]1(NC(=O)/C(=N\OC(C)(C)C(=O)O)c1csc(N)n1)S(=O)(=O)O. The van der Waals surface area contributed by atoms with Gasteiger partial charge < -0.3 is 31.6 Å². The Morgan fingerprint density at radius 1 is 1.44 bits per heavy atom. The van der Waals surface area contributed by atoms with Gasteiger partial charge in [0.1, 0.15) is 11.1 Å². The zero-order chi connectivity index (χ0) is 25.9. The molecule has 1 aliphatic rings. The fourth-order valence-corrected chi connectivity index (χ4v) is 5.41. The molecule has 0 spiro atoms. The number of amides is 3. The first kappa shape index (κ1) is 27.3. The van der Waals surface area contributed by atoms with E-state index in [9.17, 15) is 37.3 Å². The summed E-state index contributed by atoms with van der Waals surface area (Å²) in [6, 6.07) is 0. The Balaban J connectivity index is 2.38. The van der Waals surface area contributed by atoms with Crippen LogP contribution in [0.15, 0.2) is 10.5 Å². The summed E-state index contributed by atoms with van der Waals surface area (Å²) < 4.78 is 34.3. The Kier molecular flexibility index (Phi) is 8.12. The highest BCUT2D eigenvalue weighted by atomic mass is 32.2. The lowest BCUT2D eigenvalue weighted by Crippen LogP contribution is -2.81.